The Morgan fingerprint density at radius 2 is 2.19 bits per heavy atom. The van der Waals surface area contributed by atoms with Gasteiger partial charge in [-0.15, -0.1) is 0 Å². The third-order valence-corrected chi connectivity index (χ3v) is 3.04. The summed E-state index contributed by atoms with van der Waals surface area (Å²) >= 11 is 0. The van der Waals surface area contributed by atoms with Crippen molar-refractivity contribution in [3.8, 4) is 0 Å². The largest absolute Gasteiger partial charge is 0.459 e. The molecule has 1 aliphatic rings. The van der Waals surface area contributed by atoms with E-state index in [0.717, 1.165) is 5.69 Å². The Morgan fingerprint density at radius 1 is 1.38 bits per heavy atom. The fourth-order valence-electron chi connectivity index (χ4n) is 2.15. The Hall–Kier alpha value is -1.38. The molecule has 3 heteroatoms. The second kappa shape index (κ2) is 5.64. The van der Waals surface area contributed by atoms with E-state index >= 15 is 0 Å². The molecule has 0 aliphatic heterocycles. The van der Waals surface area contributed by atoms with Gasteiger partial charge in [-0.3, -0.25) is 9.78 Å². The molecule has 1 heterocycles. The number of aromatic nitrogens is 1. The molecule has 3 nitrogen and oxygen atoms in total. The van der Waals surface area contributed by atoms with E-state index in [1.807, 2.05) is 18.2 Å². The van der Waals surface area contributed by atoms with Crippen LogP contribution in [-0.2, 0) is 16.1 Å². The highest BCUT2D eigenvalue weighted by atomic mass is 16.5. The Labute approximate surface area is 95.8 Å². The standard InChI is InChI=1S/C13H17NO2/c15-13(9-11-5-1-2-6-11)16-10-12-7-3-4-8-14-12/h3-4,7-8,11H,1-2,5-6,9-10H2. The molecule has 2 rings (SSSR count). The summed E-state index contributed by atoms with van der Waals surface area (Å²) < 4.78 is 5.19. The van der Waals surface area contributed by atoms with Gasteiger partial charge in [0, 0.05) is 12.6 Å². The average Bonchev–Trinajstić information content (AvgIpc) is 2.81. The molecule has 0 atom stereocenters. The molecule has 1 aliphatic carbocycles. The van der Waals surface area contributed by atoms with Crippen molar-refractivity contribution >= 4 is 5.97 Å². The molecule has 0 aromatic carbocycles. The maximum Gasteiger partial charge on any atom is 0.306 e. The summed E-state index contributed by atoms with van der Waals surface area (Å²) in [6.45, 7) is 0.298. The van der Waals surface area contributed by atoms with Crippen molar-refractivity contribution in [2.24, 2.45) is 5.92 Å². The van der Waals surface area contributed by atoms with E-state index in [-0.39, 0.29) is 5.97 Å². The van der Waals surface area contributed by atoms with Crippen LogP contribution in [0.3, 0.4) is 0 Å². The lowest BCUT2D eigenvalue weighted by Gasteiger charge is -2.08. The Balaban J connectivity index is 1.71. The first-order valence-electron chi connectivity index (χ1n) is 5.90. The smallest absolute Gasteiger partial charge is 0.306 e. The summed E-state index contributed by atoms with van der Waals surface area (Å²) in [5, 5.41) is 0. The number of nitrogens with zero attached hydrogens (tertiary/aromatic N) is 1. The summed E-state index contributed by atoms with van der Waals surface area (Å²) in [6.07, 6.45) is 7.17. The minimum atomic E-state index is -0.0856. The van der Waals surface area contributed by atoms with Crippen LogP contribution in [0.4, 0.5) is 0 Å². The summed E-state index contributed by atoms with van der Waals surface area (Å²) in [4.78, 5) is 15.6. The minimum Gasteiger partial charge on any atom is -0.459 e. The molecule has 16 heavy (non-hydrogen) atoms. The Kier molecular flexibility index (Phi) is 3.91. The van der Waals surface area contributed by atoms with Crippen LogP contribution in [-0.4, -0.2) is 11.0 Å². The van der Waals surface area contributed by atoms with Crippen molar-refractivity contribution in [3.05, 3.63) is 30.1 Å². The zero-order valence-corrected chi connectivity index (χ0v) is 9.39. The van der Waals surface area contributed by atoms with Crippen molar-refractivity contribution < 1.29 is 9.53 Å². The zero-order chi connectivity index (χ0) is 11.2. The maximum atomic E-state index is 11.5. The number of esters is 1. The second-order valence-corrected chi connectivity index (χ2v) is 4.34. The number of hydrogen-bond donors (Lipinski definition) is 0. The quantitative estimate of drug-likeness (QED) is 0.731. The molecule has 0 bridgehead atoms. The highest BCUT2D eigenvalue weighted by Crippen LogP contribution is 2.27. The lowest BCUT2D eigenvalue weighted by atomic mass is 10.0. The summed E-state index contributed by atoms with van der Waals surface area (Å²) in [7, 11) is 0. The van der Waals surface area contributed by atoms with Gasteiger partial charge in [0.15, 0.2) is 0 Å². The van der Waals surface area contributed by atoms with Crippen LogP contribution in [0.1, 0.15) is 37.8 Å². The SMILES string of the molecule is O=C(CC1CCCC1)OCc1ccccn1. The van der Waals surface area contributed by atoms with Gasteiger partial charge in [-0.2, -0.15) is 0 Å². The summed E-state index contributed by atoms with van der Waals surface area (Å²) in [5.41, 5.74) is 0.808. The first-order chi connectivity index (χ1) is 7.84. The van der Waals surface area contributed by atoms with E-state index in [1.165, 1.54) is 25.7 Å². The van der Waals surface area contributed by atoms with Crippen molar-refractivity contribution in [3.63, 3.8) is 0 Å². The van der Waals surface area contributed by atoms with Gasteiger partial charge >= 0.3 is 5.97 Å². The monoisotopic (exact) mass is 219 g/mol. The fraction of sp³-hybridized carbons (Fsp3) is 0.538. The van der Waals surface area contributed by atoms with Crippen LogP contribution in [0.2, 0.25) is 0 Å². The normalized spacial score (nSPS) is 16.2. The molecule has 0 amide bonds. The lowest BCUT2D eigenvalue weighted by Crippen LogP contribution is -2.09. The third kappa shape index (κ3) is 3.33. The van der Waals surface area contributed by atoms with Gasteiger partial charge in [0.25, 0.3) is 0 Å². The zero-order valence-electron chi connectivity index (χ0n) is 9.39. The topological polar surface area (TPSA) is 39.2 Å². The van der Waals surface area contributed by atoms with Crippen LogP contribution in [0.15, 0.2) is 24.4 Å². The van der Waals surface area contributed by atoms with E-state index in [1.54, 1.807) is 6.20 Å². The summed E-state index contributed by atoms with van der Waals surface area (Å²) in [6, 6.07) is 5.61. The van der Waals surface area contributed by atoms with Crippen molar-refractivity contribution in [1.82, 2.24) is 4.98 Å². The molecule has 0 unspecified atom stereocenters. The molecule has 1 saturated carbocycles. The Bertz CT molecular complexity index is 331. The number of carbonyl (C=O) groups is 1. The van der Waals surface area contributed by atoms with Crippen LogP contribution < -0.4 is 0 Å². The van der Waals surface area contributed by atoms with Gasteiger partial charge in [0.05, 0.1) is 5.69 Å². The van der Waals surface area contributed by atoms with Gasteiger partial charge < -0.3 is 4.74 Å². The van der Waals surface area contributed by atoms with Crippen molar-refractivity contribution in [2.45, 2.75) is 38.7 Å². The van der Waals surface area contributed by atoms with Crippen LogP contribution in [0.25, 0.3) is 0 Å². The van der Waals surface area contributed by atoms with Crippen LogP contribution >= 0.6 is 0 Å². The number of pyridine rings is 1. The summed E-state index contributed by atoms with van der Waals surface area (Å²) in [5.74, 6) is 0.466. The van der Waals surface area contributed by atoms with Gasteiger partial charge in [-0.05, 0) is 30.9 Å². The van der Waals surface area contributed by atoms with E-state index < -0.39 is 0 Å². The molecule has 0 radical (unpaired) electrons. The number of carbonyl (C=O) groups excluding carboxylic acids is 1. The molecule has 0 spiro atoms. The Morgan fingerprint density at radius 3 is 2.88 bits per heavy atom. The molecule has 86 valence electrons. The van der Waals surface area contributed by atoms with E-state index in [9.17, 15) is 4.79 Å². The molecule has 1 aromatic rings. The highest BCUT2D eigenvalue weighted by molar-refractivity contribution is 5.69. The van der Waals surface area contributed by atoms with Gasteiger partial charge in [0.2, 0.25) is 0 Å². The van der Waals surface area contributed by atoms with E-state index in [4.69, 9.17) is 4.74 Å². The van der Waals surface area contributed by atoms with Crippen LogP contribution in [0, 0.1) is 5.92 Å². The molecule has 1 aromatic heterocycles. The van der Waals surface area contributed by atoms with E-state index in [0.29, 0.717) is 18.9 Å². The first-order valence-corrected chi connectivity index (χ1v) is 5.90. The number of rotatable bonds is 4. The minimum absolute atomic E-state index is 0.0856. The molecule has 1 fully saturated rings. The van der Waals surface area contributed by atoms with Gasteiger partial charge in [-0.25, -0.2) is 0 Å². The molecule has 0 saturated heterocycles. The van der Waals surface area contributed by atoms with Gasteiger partial charge in [0.1, 0.15) is 6.61 Å². The molecular weight excluding hydrogens is 202 g/mol. The second-order valence-electron chi connectivity index (χ2n) is 4.34. The third-order valence-electron chi connectivity index (χ3n) is 3.04. The predicted octanol–water partition coefficient (Wildman–Crippen LogP) is 2.71. The fourth-order valence-corrected chi connectivity index (χ4v) is 2.15. The van der Waals surface area contributed by atoms with Crippen molar-refractivity contribution in [1.29, 1.82) is 0 Å². The predicted molar refractivity (Wildman–Crippen MR) is 60.6 cm³/mol. The van der Waals surface area contributed by atoms with E-state index in [2.05, 4.69) is 4.98 Å². The molecule has 0 N–H and O–H groups in total. The average molecular weight is 219 g/mol. The number of hydrogen-bond acceptors (Lipinski definition) is 3. The van der Waals surface area contributed by atoms with Crippen LogP contribution in [0.5, 0.6) is 0 Å². The maximum absolute atomic E-state index is 11.5. The van der Waals surface area contributed by atoms with Gasteiger partial charge in [-0.1, -0.05) is 18.9 Å². The number of ether oxygens (including phenoxy) is 1. The highest BCUT2D eigenvalue weighted by Gasteiger charge is 2.19. The molecular formula is C13H17NO2. The van der Waals surface area contributed by atoms with Crippen molar-refractivity contribution in [2.75, 3.05) is 0 Å². The lowest BCUT2D eigenvalue weighted by molar-refractivity contribution is -0.146. The first kappa shape index (κ1) is 11.1.